The molecule has 27 heavy (non-hydrogen) atoms. The van der Waals surface area contributed by atoms with E-state index in [0.717, 1.165) is 42.7 Å². The quantitative estimate of drug-likeness (QED) is 0.372. The van der Waals surface area contributed by atoms with Crippen LogP contribution in [0.15, 0.2) is 29.3 Å². The van der Waals surface area contributed by atoms with Crippen molar-refractivity contribution in [1.82, 2.24) is 25.4 Å². The van der Waals surface area contributed by atoms with Crippen molar-refractivity contribution in [3.05, 3.63) is 40.9 Å². The summed E-state index contributed by atoms with van der Waals surface area (Å²) in [5.41, 5.74) is 0. The van der Waals surface area contributed by atoms with Gasteiger partial charge in [-0.1, -0.05) is 17.7 Å². The van der Waals surface area contributed by atoms with Gasteiger partial charge in [-0.05, 0) is 38.5 Å². The Morgan fingerprint density at radius 1 is 1.48 bits per heavy atom. The Kier molecular flexibility index (Phi) is 8.15. The monoisotopic (exact) mass is 504 g/mol. The van der Waals surface area contributed by atoms with Gasteiger partial charge in [0.15, 0.2) is 5.96 Å². The van der Waals surface area contributed by atoms with Crippen molar-refractivity contribution in [3.8, 4) is 5.75 Å². The van der Waals surface area contributed by atoms with E-state index in [4.69, 9.17) is 16.3 Å². The van der Waals surface area contributed by atoms with E-state index in [-0.39, 0.29) is 36.1 Å². The molecular formula is C18H26ClIN6O. The number of rotatable bonds is 5. The van der Waals surface area contributed by atoms with Crippen molar-refractivity contribution in [2.45, 2.75) is 45.4 Å². The normalized spacial score (nSPS) is 17.5. The highest BCUT2D eigenvalue weighted by Gasteiger charge is 2.21. The molecule has 1 aromatic heterocycles. The number of guanidine groups is 1. The van der Waals surface area contributed by atoms with Crippen LogP contribution in [-0.2, 0) is 13.0 Å². The third-order valence-electron chi connectivity index (χ3n) is 4.22. The van der Waals surface area contributed by atoms with E-state index < -0.39 is 0 Å². The number of halogens is 2. The summed E-state index contributed by atoms with van der Waals surface area (Å²) in [6.45, 7) is 5.36. The number of aryl methyl sites for hydroxylation is 2. The third kappa shape index (κ3) is 6.24. The summed E-state index contributed by atoms with van der Waals surface area (Å²) in [6.07, 6.45) is 1.90. The highest BCUT2D eigenvalue weighted by molar-refractivity contribution is 14.0. The molecule has 0 saturated carbocycles. The second kappa shape index (κ2) is 10.1. The average molecular weight is 505 g/mol. The lowest BCUT2D eigenvalue weighted by atomic mass is 10.1. The van der Waals surface area contributed by atoms with Gasteiger partial charge in [0.1, 0.15) is 23.5 Å². The Labute approximate surface area is 182 Å². The van der Waals surface area contributed by atoms with E-state index in [1.165, 1.54) is 0 Å². The molecule has 2 heterocycles. The molecule has 0 saturated heterocycles. The summed E-state index contributed by atoms with van der Waals surface area (Å²) in [5, 5.41) is 11.9. The van der Waals surface area contributed by atoms with Crippen LogP contribution in [0, 0.1) is 6.92 Å². The molecule has 9 heteroatoms. The molecule has 1 aliphatic rings. The first-order chi connectivity index (χ1) is 12.5. The molecule has 148 valence electrons. The molecule has 2 N–H and O–H groups in total. The zero-order valence-corrected chi connectivity index (χ0v) is 18.9. The maximum atomic E-state index is 5.99. The van der Waals surface area contributed by atoms with Crippen molar-refractivity contribution in [2.75, 3.05) is 13.6 Å². The Morgan fingerprint density at radius 3 is 3.04 bits per heavy atom. The molecule has 2 atom stereocenters. The molecule has 2 unspecified atom stereocenters. The maximum Gasteiger partial charge on any atom is 0.191 e. The summed E-state index contributed by atoms with van der Waals surface area (Å²) in [6, 6.07) is 7.69. The van der Waals surface area contributed by atoms with Crippen molar-refractivity contribution >= 4 is 41.5 Å². The number of nitrogens with one attached hydrogen (secondary N) is 2. The Morgan fingerprint density at radius 2 is 2.30 bits per heavy atom. The number of benzene rings is 1. The molecule has 3 rings (SSSR count). The number of fused-ring (bicyclic) bond motifs is 1. The fourth-order valence-electron chi connectivity index (χ4n) is 2.99. The Bertz CT molecular complexity index is 781. The van der Waals surface area contributed by atoms with E-state index in [0.29, 0.717) is 11.6 Å². The lowest BCUT2D eigenvalue weighted by Gasteiger charge is -2.26. The largest absolute Gasteiger partial charge is 0.489 e. The van der Waals surface area contributed by atoms with E-state index in [1.807, 2.05) is 42.8 Å². The molecule has 1 aromatic carbocycles. The van der Waals surface area contributed by atoms with Gasteiger partial charge in [-0.25, -0.2) is 9.67 Å². The van der Waals surface area contributed by atoms with Gasteiger partial charge in [0.2, 0.25) is 0 Å². The second-order valence-corrected chi connectivity index (χ2v) is 6.91. The second-order valence-electron chi connectivity index (χ2n) is 6.48. The van der Waals surface area contributed by atoms with Crippen LogP contribution in [0.5, 0.6) is 5.75 Å². The van der Waals surface area contributed by atoms with E-state index in [9.17, 15) is 0 Å². The molecule has 2 aromatic rings. The van der Waals surface area contributed by atoms with Gasteiger partial charge in [0, 0.05) is 24.5 Å². The average Bonchev–Trinajstić information content (AvgIpc) is 2.97. The summed E-state index contributed by atoms with van der Waals surface area (Å²) in [4.78, 5) is 8.75. The van der Waals surface area contributed by atoms with E-state index in [2.05, 4.69) is 25.7 Å². The van der Waals surface area contributed by atoms with Crippen molar-refractivity contribution in [3.63, 3.8) is 0 Å². The molecule has 0 bridgehead atoms. The minimum absolute atomic E-state index is 0. The molecule has 0 aliphatic carbocycles. The maximum absolute atomic E-state index is 5.99. The molecule has 0 radical (unpaired) electrons. The van der Waals surface area contributed by atoms with Crippen LogP contribution in [0.4, 0.5) is 0 Å². The number of hydrogen-bond acceptors (Lipinski definition) is 4. The number of hydrogen-bond donors (Lipinski definition) is 2. The molecule has 0 spiro atoms. The van der Waals surface area contributed by atoms with Crippen molar-refractivity contribution in [2.24, 2.45) is 4.99 Å². The lowest BCUT2D eigenvalue weighted by molar-refractivity contribution is 0.223. The van der Waals surface area contributed by atoms with Crippen LogP contribution >= 0.6 is 35.6 Å². The first kappa shape index (κ1) is 21.7. The molecule has 0 fully saturated rings. The van der Waals surface area contributed by atoms with E-state index >= 15 is 0 Å². The number of aromatic nitrogens is 3. The zero-order valence-electron chi connectivity index (χ0n) is 15.8. The highest BCUT2D eigenvalue weighted by atomic mass is 127. The summed E-state index contributed by atoms with van der Waals surface area (Å²) in [7, 11) is 1.77. The van der Waals surface area contributed by atoms with E-state index in [1.54, 1.807) is 7.05 Å². The van der Waals surface area contributed by atoms with Gasteiger partial charge in [-0.15, -0.1) is 24.0 Å². The number of aliphatic imine (C=N–C) groups is 1. The number of ether oxygens (including phenoxy) is 1. The number of nitrogens with zero attached hydrogens (tertiary/aromatic N) is 4. The van der Waals surface area contributed by atoms with Gasteiger partial charge in [-0.3, -0.25) is 4.99 Å². The molecule has 7 nitrogen and oxygen atoms in total. The van der Waals surface area contributed by atoms with Crippen LogP contribution in [0.25, 0.3) is 0 Å². The minimum atomic E-state index is -0.0251. The molecular weight excluding hydrogens is 479 g/mol. The molecule has 0 amide bonds. The fourth-order valence-corrected chi connectivity index (χ4v) is 3.17. The predicted octanol–water partition coefficient (Wildman–Crippen LogP) is 2.81. The Balaban J connectivity index is 0.00000261. The first-order valence-corrected chi connectivity index (χ1v) is 9.21. The predicted molar refractivity (Wildman–Crippen MR) is 118 cm³/mol. The van der Waals surface area contributed by atoms with Gasteiger partial charge >= 0.3 is 0 Å². The standard InChI is InChI=1S/C18H25ClN6O.HI/c1-12(26-16-6-4-5-14(19)9-16)10-21-18(20-3)23-15-7-8-17-22-13(2)24-25(17)11-15;/h4-6,9,12,15H,7-8,10-11H2,1-3H3,(H2,20,21,23);1H. The van der Waals surface area contributed by atoms with Gasteiger partial charge in [0.05, 0.1) is 13.1 Å². The van der Waals surface area contributed by atoms with Gasteiger partial charge in [-0.2, -0.15) is 5.10 Å². The minimum Gasteiger partial charge on any atom is -0.489 e. The van der Waals surface area contributed by atoms with Crippen LogP contribution in [-0.4, -0.2) is 46.5 Å². The zero-order chi connectivity index (χ0) is 18.5. The molecule has 1 aliphatic heterocycles. The lowest BCUT2D eigenvalue weighted by Crippen LogP contribution is -2.48. The highest BCUT2D eigenvalue weighted by Crippen LogP contribution is 2.18. The summed E-state index contributed by atoms with van der Waals surface area (Å²) < 4.78 is 7.86. The SMILES string of the molecule is CN=C(NCC(C)Oc1cccc(Cl)c1)NC1CCc2nc(C)nn2C1.I. The third-order valence-corrected chi connectivity index (χ3v) is 4.45. The Hall–Kier alpha value is -1.55. The van der Waals surface area contributed by atoms with Gasteiger partial charge < -0.3 is 15.4 Å². The smallest absolute Gasteiger partial charge is 0.191 e. The van der Waals surface area contributed by atoms with Crippen LogP contribution in [0.3, 0.4) is 0 Å². The van der Waals surface area contributed by atoms with Gasteiger partial charge in [0.25, 0.3) is 0 Å². The first-order valence-electron chi connectivity index (χ1n) is 8.83. The summed E-state index contributed by atoms with van der Waals surface area (Å²) in [5.74, 6) is 3.41. The summed E-state index contributed by atoms with van der Waals surface area (Å²) >= 11 is 5.99. The fraction of sp³-hybridized carbons (Fsp3) is 0.500. The van der Waals surface area contributed by atoms with Crippen molar-refractivity contribution < 1.29 is 4.74 Å². The topological polar surface area (TPSA) is 76.4 Å². The van der Waals surface area contributed by atoms with Crippen LogP contribution in [0.1, 0.15) is 25.0 Å². The van der Waals surface area contributed by atoms with Crippen molar-refractivity contribution in [1.29, 1.82) is 0 Å². The van der Waals surface area contributed by atoms with Crippen LogP contribution < -0.4 is 15.4 Å². The van der Waals surface area contributed by atoms with Crippen LogP contribution in [0.2, 0.25) is 5.02 Å².